The fourth-order valence-corrected chi connectivity index (χ4v) is 2.30. The summed E-state index contributed by atoms with van der Waals surface area (Å²) < 4.78 is 1.64. The van der Waals surface area contributed by atoms with Gasteiger partial charge in [0.15, 0.2) is 0 Å². The molecule has 0 aromatic carbocycles. The van der Waals surface area contributed by atoms with Gasteiger partial charge in [0.2, 0.25) is 0 Å². The first-order chi connectivity index (χ1) is 8.75. The third-order valence-electron chi connectivity index (χ3n) is 2.52. The predicted octanol–water partition coefficient (Wildman–Crippen LogP) is 2.15. The van der Waals surface area contributed by atoms with Crippen molar-refractivity contribution in [3.63, 3.8) is 0 Å². The zero-order valence-electron chi connectivity index (χ0n) is 9.46. The highest BCUT2D eigenvalue weighted by molar-refractivity contribution is 7.09. The first kappa shape index (κ1) is 11.4. The van der Waals surface area contributed by atoms with Crippen LogP contribution in [0.15, 0.2) is 18.0 Å². The van der Waals surface area contributed by atoms with Crippen molar-refractivity contribution in [3.8, 4) is 0 Å². The molecular formula is C10H9ClN6S. The van der Waals surface area contributed by atoms with E-state index in [1.165, 1.54) is 6.33 Å². The summed E-state index contributed by atoms with van der Waals surface area (Å²) in [5.74, 6) is 1.29. The second kappa shape index (κ2) is 4.51. The lowest BCUT2D eigenvalue weighted by atomic mass is 10.3. The third kappa shape index (κ3) is 1.91. The van der Waals surface area contributed by atoms with E-state index in [4.69, 9.17) is 11.6 Å². The smallest absolute Gasteiger partial charge is 0.255 e. The first-order valence-electron chi connectivity index (χ1n) is 5.23. The summed E-state index contributed by atoms with van der Waals surface area (Å²) >= 11 is 7.66. The van der Waals surface area contributed by atoms with Crippen LogP contribution in [0.4, 0.5) is 5.82 Å². The predicted molar refractivity (Wildman–Crippen MR) is 70.0 cm³/mol. The Labute approximate surface area is 112 Å². The van der Waals surface area contributed by atoms with Crippen LogP contribution in [-0.2, 0) is 6.54 Å². The highest BCUT2D eigenvalue weighted by Crippen LogP contribution is 2.22. The second-order valence-electron chi connectivity index (χ2n) is 3.67. The van der Waals surface area contributed by atoms with E-state index < -0.39 is 0 Å². The zero-order valence-corrected chi connectivity index (χ0v) is 11.0. The van der Waals surface area contributed by atoms with Crippen molar-refractivity contribution in [1.29, 1.82) is 0 Å². The number of nitrogens with one attached hydrogen (secondary N) is 1. The van der Waals surface area contributed by atoms with Gasteiger partial charge in [-0.3, -0.25) is 4.98 Å². The number of thiazole rings is 1. The molecule has 0 atom stereocenters. The van der Waals surface area contributed by atoms with E-state index >= 15 is 0 Å². The van der Waals surface area contributed by atoms with E-state index in [1.807, 2.05) is 13.1 Å². The Bertz CT molecular complexity index is 677. The third-order valence-corrected chi connectivity index (χ3v) is 3.67. The highest BCUT2D eigenvalue weighted by atomic mass is 35.5. The van der Waals surface area contributed by atoms with Crippen LogP contribution in [0.3, 0.4) is 0 Å². The van der Waals surface area contributed by atoms with Crippen LogP contribution in [0.1, 0.15) is 10.4 Å². The summed E-state index contributed by atoms with van der Waals surface area (Å²) in [6.07, 6.45) is 3.28. The largest absolute Gasteiger partial charge is 0.365 e. The summed E-state index contributed by atoms with van der Waals surface area (Å²) in [6, 6.07) is 0. The van der Waals surface area contributed by atoms with Crippen molar-refractivity contribution < 1.29 is 0 Å². The number of fused-ring (bicyclic) bond motifs is 1. The number of nitrogens with zero attached hydrogens (tertiary/aromatic N) is 5. The Hall–Kier alpha value is -1.73. The molecule has 0 aliphatic carbocycles. The molecule has 0 aliphatic heterocycles. The highest BCUT2D eigenvalue weighted by Gasteiger charge is 2.11. The van der Waals surface area contributed by atoms with Crippen LogP contribution in [0.5, 0.6) is 0 Å². The van der Waals surface area contributed by atoms with Crippen molar-refractivity contribution >= 4 is 34.5 Å². The minimum atomic E-state index is 0.433. The standard InChI is InChI=1S/C10H9ClN6S/c1-6-8(11)16-10-14-4-15-17(10)9(6)13-3-7-2-12-5-18-7/h2,4-5,13H,3H2,1H3. The van der Waals surface area contributed by atoms with Gasteiger partial charge in [-0.1, -0.05) is 11.6 Å². The molecule has 0 saturated carbocycles. The molecule has 0 unspecified atom stereocenters. The average Bonchev–Trinajstić information content (AvgIpc) is 3.00. The van der Waals surface area contributed by atoms with E-state index in [1.54, 1.807) is 21.4 Å². The summed E-state index contributed by atoms with van der Waals surface area (Å²) in [5.41, 5.74) is 2.65. The summed E-state index contributed by atoms with van der Waals surface area (Å²) in [4.78, 5) is 13.3. The van der Waals surface area contributed by atoms with Gasteiger partial charge >= 0.3 is 0 Å². The van der Waals surface area contributed by atoms with Crippen molar-refractivity contribution in [2.75, 3.05) is 5.32 Å². The van der Waals surface area contributed by atoms with Crippen molar-refractivity contribution in [1.82, 2.24) is 24.6 Å². The molecule has 3 heterocycles. The normalized spacial score (nSPS) is 11.0. The minimum absolute atomic E-state index is 0.433. The maximum atomic E-state index is 6.07. The van der Waals surface area contributed by atoms with Crippen molar-refractivity contribution in [2.24, 2.45) is 0 Å². The van der Waals surface area contributed by atoms with Crippen LogP contribution >= 0.6 is 22.9 Å². The van der Waals surface area contributed by atoms with Crippen LogP contribution in [0, 0.1) is 6.92 Å². The van der Waals surface area contributed by atoms with E-state index in [9.17, 15) is 0 Å². The van der Waals surface area contributed by atoms with Crippen molar-refractivity contribution in [3.05, 3.63) is 33.6 Å². The van der Waals surface area contributed by atoms with Gasteiger partial charge in [0, 0.05) is 16.6 Å². The molecule has 0 fully saturated rings. The lowest BCUT2D eigenvalue weighted by Gasteiger charge is -2.10. The molecule has 92 valence electrons. The Balaban J connectivity index is 1.99. The fourth-order valence-electron chi connectivity index (χ4n) is 1.61. The van der Waals surface area contributed by atoms with Gasteiger partial charge in [-0.05, 0) is 6.92 Å². The van der Waals surface area contributed by atoms with Crippen LogP contribution in [0.2, 0.25) is 5.15 Å². The number of hydrogen-bond donors (Lipinski definition) is 1. The molecule has 0 radical (unpaired) electrons. The second-order valence-corrected chi connectivity index (χ2v) is 5.00. The molecule has 3 rings (SSSR count). The minimum Gasteiger partial charge on any atom is -0.365 e. The quantitative estimate of drug-likeness (QED) is 0.745. The Morgan fingerprint density at radius 3 is 3.17 bits per heavy atom. The van der Waals surface area contributed by atoms with Gasteiger partial charge in [0.25, 0.3) is 5.78 Å². The number of hydrogen-bond acceptors (Lipinski definition) is 6. The Morgan fingerprint density at radius 2 is 2.39 bits per heavy atom. The molecule has 18 heavy (non-hydrogen) atoms. The van der Waals surface area contributed by atoms with Gasteiger partial charge in [-0.25, -0.2) is 0 Å². The number of aromatic nitrogens is 5. The number of rotatable bonds is 3. The topological polar surface area (TPSA) is 68.0 Å². The average molecular weight is 281 g/mol. The van der Waals surface area contributed by atoms with E-state index in [0.717, 1.165) is 16.3 Å². The van der Waals surface area contributed by atoms with E-state index in [2.05, 4.69) is 25.4 Å². The number of halogens is 1. The summed E-state index contributed by atoms with van der Waals surface area (Å²) in [7, 11) is 0. The van der Waals surface area contributed by atoms with Crippen LogP contribution < -0.4 is 5.32 Å². The zero-order chi connectivity index (χ0) is 12.5. The Morgan fingerprint density at radius 1 is 1.50 bits per heavy atom. The number of anilines is 1. The SMILES string of the molecule is Cc1c(Cl)nc2ncnn2c1NCc1cncs1. The maximum Gasteiger partial charge on any atom is 0.255 e. The molecule has 8 heteroatoms. The molecule has 0 saturated heterocycles. The molecule has 6 nitrogen and oxygen atoms in total. The monoisotopic (exact) mass is 280 g/mol. The van der Waals surface area contributed by atoms with E-state index in [0.29, 0.717) is 17.5 Å². The lowest BCUT2D eigenvalue weighted by Crippen LogP contribution is -2.08. The molecule has 3 aromatic rings. The summed E-state index contributed by atoms with van der Waals surface area (Å²) in [5, 5.41) is 7.85. The van der Waals surface area contributed by atoms with Crippen LogP contribution in [0.25, 0.3) is 5.78 Å². The molecule has 0 bridgehead atoms. The molecular weight excluding hydrogens is 272 g/mol. The molecule has 0 spiro atoms. The van der Waals surface area contributed by atoms with Gasteiger partial charge < -0.3 is 5.32 Å². The molecule has 1 N–H and O–H groups in total. The Kier molecular flexibility index (Phi) is 2.85. The lowest BCUT2D eigenvalue weighted by molar-refractivity contribution is 0.916. The molecule has 3 aromatic heterocycles. The van der Waals surface area contributed by atoms with Crippen LogP contribution in [-0.4, -0.2) is 24.6 Å². The van der Waals surface area contributed by atoms with Crippen molar-refractivity contribution in [2.45, 2.75) is 13.5 Å². The summed E-state index contributed by atoms with van der Waals surface area (Å²) in [6.45, 7) is 2.56. The molecule has 0 amide bonds. The van der Waals surface area contributed by atoms with E-state index in [-0.39, 0.29) is 0 Å². The fraction of sp³-hybridized carbons (Fsp3) is 0.200. The van der Waals surface area contributed by atoms with Gasteiger partial charge in [-0.15, -0.1) is 11.3 Å². The van der Waals surface area contributed by atoms with Gasteiger partial charge in [0.1, 0.15) is 17.3 Å². The molecule has 0 aliphatic rings. The maximum absolute atomic E-state index is 6.07. The van der Waals surface area contributed by atoms with Gasteiger partial charge in [0.05, 0.1) is 12.1 Å². The van der Waals surface area contributed by atoms with Gasteiger partial charge in [-0.2, -0.15) is 19.6 Å². The first-order valence-corrected chi connectivity index (χ1v) is 6.48.